The Morgan fingerprint density at radius 2 is 2.10 bits per heavy atom. The first-order valence-electron chi connectivity index (χ1n) is 6.21. The molecule has 3 nitrogen and oxygen atoms in total. The van der Waals surface area contributed by atoms with Crippen LogP contribution in [0, 0.1) is 11.3 Å². The summed E-state index contributed by atoms with van der Waals surface area (Å²) < 4.78 is 0. The van der Waals surface area contributed by atoms with Gasteiger partial charge in [-0.15, -0.1) is 0 Å². The maximum absolute atomic E-state index is 9.01. The number of rotatable bonds is 6. The molecule has 5 heteroatoms. The predicted octanol–water partition coefficient (Wildman–Crippen LogP) is 3.95. The zero-order valence-corrected chi connectivity index (χ0v) is 12.4. The molecule has 0 unspecified atom stereocenters. The van der Waals surface area contributed by atoms with E-state index in [-0.39, 0.29) is 0 Å². The number of aromatic nitrogens is 1. The van der Waals surface area contributed by atoms with Gasteiger partial charge in [0.1, 0.15) is 5.82 Å². The van der Waals surface area contributed by atoms with Gasteiger partial charge in [0.2, 0.25) is 0 Å². The van der Waals surface area contributed by atoms with Crippen LogP contribution >= 0.6 is 23.4 Å². The largest absolute Gasteiger partial charge is 0.368 e. The van der Waals surface area contributed by atoms with Crippen molar-refractivity contribution in [3.8, 4) is 6.07 Å². The van der Waals surface area contributed by atoms with Crippen LogP contribution in [0.4, 0.5) is 5.82 Å². The fraction of sp³-hybridized carbons (Fsp3) is 0.200. The second-order valence-electron chi connectivity index (χ2n) is 4.08. The molecule has 0 saturated carbocycles. The van der Waals surface area contributed by atoms with Gasteiger partial charge in [0.25, 0.3) is 0 Å². The van der Waals surface area contributed by atoms with Gasteiger partial charge in [0, 0.05) is 24.2 Å². The highest BCUT2D eigenvalue weighted by molar-refractivity contribution is 7.98. The number of hydrogen-bond acceptors (Lipinski definition) is 4. The average Bonchev–Trinajstić information content (AvgIpc) is 2.49. The Kier molecular flexibility index (Phi) is 5.72. The van der Waals surface area contributed by atoms with Crippen LogP contribution in [0.25, 0.3) is 0 Å². The van der Waals surface area contributed by atoms with Crippen LogP contribution in [0.3, 0.4) is 0 Å². The summed E-state index contributed by atoms with van der Waals surface area (Å²) in [5.74, 6) is 2.47. The van der Waals surface area contributed by atoms with Crippen LogP contribution in [0.5, 0.6) is 0 Å². The minimum atomic E-state index is 0.632. The summed E-state index contributed by atoms with van der Waals surface area (Å²) in [5, 5.41) is 12.8. The SMILES string of the molecule is N#Cc1ccccc1CSCCNc1ncccc1Cl. The molecule has 1 aromatic heterocycles. The lowest BCUT2D eigenvalue weighted by Crippen LogP contribution is -2.06. The fourth-order valence-electron chi connectivity index (χ4n) is 1.69. The molecule has 1 heterocycles. The summed E-state index contributed by atoms with van der Waals surface area (Å²) in [5.41, 5.74) is 1.83. The molecule has 0 atom stereocenters. The van der Waals surface area contributed by atoms with E-state index in [0.29, 0.717) is 10.8 Å². The molecule has 102 valence electrons. The van der Waals surface area contributed by atoms with Crippen molar-refractivity contribution in [1.82, 2.24) is 4.98 Å². The Bertz CT molecular complexity index is 610. The lowest BCUT2D eigenvalue weighted by Gasteiger charge is -2.07. The highest BCUT2D eigenvalue weighted by atomic mass is 35.5. The van der Waals surface area contributed by atoms with E-state index in [0.717, 1.165) is 29.2 Å². The van der Waals surface area contributed by atoms with Gasteiger partial charge < -0.3 is 5.32 Å². The fourth-order valence-corrected chi connectivity index (χ4v) is 2.75. The number of anilines is 1. The smallest absolute Gasteiger partial charge is 0.144 e. The van der Waals surface area contributed by atoms with Crippen molar-refractivity contribution in [1.29, 1.82) is 5.26 Å². The van der Waals surface area contributed by atoms with E-state index < -0.39 is 0 Å². The Labute approximate surface area is 128 Å². The molecule has 2 aromatic rings. The van der Waals surface area contributed by atoms with Gasteiger partial charge in [-0.1, -0.05) is 29.8 Å². The Hall–Kier alpha value is -1.70. The second-order valence-corrected chi connectivity index (χ2v) is 5.59. The van der Waals surface area contributed by atoms with Crippen molar-refractivity contribution in [2.24, 2.45) is 0 Å². The van der Waals surface area contributed by atoms with Gasteiger partial charge >= 0.3 is 0 Å². The van der Waals surface area contributed by atoms with Gasteiger partial charge in [0.15, 0.2) is 0 Å². The number of nitriles is 1. The van der Waals surface area contributed by atoms with Crippen molar-refractivity contribution < 1.29 is 0 Å². The van der Waals surface area contributed by atoms with E-state index in [1.54, 1.807) is 24.0 Å². The molecule has 2 rings (SSSR count). The Morgan fingerprint density at radius 1 is 1.25 bits per heavy atom. The number of nitrogens with one attached hydrogen (secondary N) is 1. The van der Waals surface area contributed by atoms with Crippen molar-refractivity contribution >= 4 is 29.2 Å². The molecule has 0 aliphatic rings. The topological polar surface area (TPSA) is 48.7 Å². The minimum absolute atomic E-state index is 0.632. The molecule has 20 heavy (non-hydrogen) atoms. The maximum Gasteiger partial charge on any atom is 0.144 e. The minimum Gasteiger partial charge on any atom is -0.368 e. The van der Waals surface area contributed by atoms with Gasteiger partial charge in [-0.25, -0.2) is 4.98 Å². The van der Waals surface area contributed by atoms with Gasteiger partial charge in [-0.3, -0.25) is 0 Å². The molecular weight excluding hydrogens is 290 g/mol. The average molecular weight is 304 g/mol. The second kappa shape index (κ2) is 7.78. The molecule has 0 amide bonds. The molecule has 0 saturated heterocycles. The zero-order chi connectivity index (χ0) is 14.2. The zero-order valence-electron chi connectivity index (χ0n) is 10.8. The summed E-state index contributed by atoms with van der Waals surface area (Å²) in [4.78, 5) is 4.17. The van der Waals surface area contributed by atoms with E-state index in [1.165, 1.54) is 0 Å². The van der Waals surface area contributed by atoms with Crippen LogP contribution in [0.15, 0.2) is 42.6 Å². The van der Waals surface area contributed by atoms with E-state index >= 15 is 0 Å². The van der Waals surface area contributed by atoms with E-state index in [4.69, 9.17) is 16.9 Å². The van der Waals surface area contributed by atoms with Crippen molar-refractivity contribution in [3.63, 3.8) is 0 Å². The van der Waals surface area contributed by atoms with E-state index in [1.807, 2.05) is 30.3 Å². The van der Waals surface area contributed by atoms with Crippen LogP contribution in [-0.4, -0.2) is 17.3 Å². The summed E-state index contributed by atoms with van der Waals surface area (Å²) in [6.45, 7) is 0.788. The van der Waals surface area contributed by atoms with Gasteiger partial charge in [0.05, 0.1) is 16.7 Å². The van der Waals surface area contributed by atoms with Crippen molar-refractivity contribution in [2.75, 3.05) is 17.6 Å². The molecule has 0 fully saturated rings. The Morgan fingerprint density at radius 3 is 2.90 bits per heavy atom. The van der Waals surface area contributed by atoms with Crippen molar-refractivity contribution in [2.45, 2.75) is 5.75 Å². The highest BCUT2D eigenvalue weighted by Gasteiger charge is 2.01. The first kappa shape index (κ1) is 14.7. The lowest BCUT2D eigenvalue weighted by molar-refractivity contribution is 1.17. The first-order valence-corrected chi connectivity index (χ1v) is 7.74. The van der Waals surface area contributed by atoms with Gasteiger partial charge in [-0.2, -0.15) is 17.0 Å². The van der Waals surface area contributed by atoms with Crippen LogP contribution in [0.1, 0.15) is 11.1 Å². The third-order valence-corrected chi connectivity index (χ3v) is 4.01. The number of pyridine rings is 1. The lowest BCUT2D eigenvalue weighted by atomic mass is 10.1. The normalized spacial score (nSPS) is 10.0. The molecule has 0 aliphatic heterocycles. The molecule has 0 bridgehead atoms. The standard InChI is InChI=1S/C15H14ClN3S/c16-14-6-3-7-18-15(14)19-8-9-20-11-13-5-2-1-4-12(13)10-17/h1-7H,8-9,11H2,(H,18,19). The molecule has 0 radical (unpaired) electrons. The first-order chi connectivity index (χ1) is 9.81. The highest BCUT2D eigenvalue weighted by Crippen LogP contribution is 2.18. The summed E-state index contributed by atoms with van der Waals surface area (Å²) in [6, 6.07) is 13.5. The van der Waals surface area contributed by atoms with Crippen LogP contribution in [0.2, 0.25) is 5.02 Å². The number of halogens is 1. The molecular formula is C15H14ClN3S. The van der Waals surface area contributed by atoms with Crippen LogP contribution in [-0.2, 0) is 5.75 Å². The summed E-state index contributed by atoms with van der Waals surface area (Å²) >= 11 is 7.78. The number of thioether (sulfide) groups is 1. The number of benzene rings is 1. The molecule has 1 N–H and O–H groups in total. The third-order valence-electron chi connectivity index (χ3n) is 2.69. The monoisotopic (exact) mass is 303 g/mol. The quantitative estimate of drug-likeness (QED) is 0.821. The van der Waals surface area contributed by atoms with Crippen LogP contribution < -0.4 is 5.32 Å². The van der Waals surface area contributed by atoms with E-state index in [9.17, 15) is 0 Å². The van der Waals surface area contributed by atoms with Gasteiger partial charge in [-0.05, 0) is 23.8 Å². The Balaban J connectivity index is 1.75. The molecule has 0 spiro atoms. The number of nitrogens with zero attached hydrogens (tertiary/aromatic N) is 2. The summed E-state index contributed by atoms with van der Waals surface area (Å²) in [6.07, 6.45) is 1.71. The third kappa shape index (κ3) is 4.16. The molecule has 0 aliphatic carbocycles. The van der Waals surface area contributed by atoms with Crippen molar-refractivity contribution in [3.05, 3.63) is 58.7 Å². The number of hydrogen-bond donors (Lipinski definition) is 1. The predicted molar refractivity (Wildman–Crippen MR) is 85.1 cm³/mol. The molecule has 1 aromatic carbocycles. The maximum atomic E-state index is 9.01. The van der Waals surface area contributed by atoms with E-state index in [2.05, 4.69) is 16.4 Å². The summed E-state index contributed by atoms with van der Waals surface area (Å²) in [7, 11) is 0.